The van der Waals surface area contributed by atoms with Gasteiger partial charge in [0.15, 0.2) is 0 Å². The molecule has 3 atom stereocenters. The van der Waals surface area contributed by atoms with Gasteiger partial charge in [-0.1, -0.05) is 13.3 Å². The molecule has 1 saturated carbocycles. The van der Waals surface area contributed by atoms with Gasteiger partial charge in [0.05, 0.1) is 6.07 Å². The third-order valence-electron chi connectivity index (χ3n) is 5.04. The normalized spacial score (nSPS) is 30.6. The van der Waals surface area contributed by atoms with Crippen LogP contribution in [0.4, 0.5) is 0 Å². The van der Waals surface area contributed by atoms with Crippen molar-refractivity contribution in [1.82, 2.24) is 10.2 Å². The zero-order chi connectivity index (χ0) is 13.7. The third kappa shape index (κ3) is 3.70. The summed E-state index contributed by atoms with van der Waals surface area (Å²) in [4.78, 5) is 2.71. The highest BCUT2D eigenvalue weighted by molar-refractivity contribution is 5.03. The van der Waals surface area contributed by atoms with E-state index in [1.807, 2.05) is 6.92 Å². The number of nitrogens with zero attached hydrogens (tertiary/aromatic N) is 2. The maximum absolute atomic E-state index is 9.28. The van der Waals surface area contributed by atoms with Crippen molar-refractivity contribution in [1.29, 1.82) is 5.26 Å². The van der Waals surface area contributed by atoms with E-state index in [1.54, 1.807) is 0 Å². The maximum Gasteiger partial charge on any atom is 0.103 e. The summed E-state index contributed by atoms with van der Waals surface area (Å²) in [5.41, 5.74) is -0.334. The molecule has 2 fully saturated rings. The molecule has 0 radical (unpaired) electrons. The molecule has 3 nitrogen and oxygen atoms in total. The molecule has 0 aromatic heterocycles. The smallest absolute Gasteiger partial charge is 0.103 e. The first-order valence-corrected chi connectivity index (χ1v) is 8.09. The number of piperidine rings is 1. The van der Waals surface area contributed by atoms with Crippen molar-refractivity contribution in [3.63, 3.8) is 0 Å². The fourth-order valence-electron chi connectivity index (χ4n) is 4.04. The van der Waals surface area contributed by atoms with Crippen LogP contribution in [0.15, 0.2) is 0 Å². The Bertz CT molecular complexity index is 322. The van der Waals surface area contributed by atoms with Crippen LogP contribution in [0, 0.1) is 17.2 Å². The second kappa shape index (κ2) is 6.72. The lowest BCUT2D eigenvalue weighted by molar-refractivity contribution is 0.109. The molecule has 3 unspecified atom stereocenters. The minimum Gasteiger partial charge on any atom is -0.300 e. The van der Waals surface area contributed by atoms with Gasteiger partial charge in [-0.05, 0) is 71.0 Å². The number of rotatable bonds is 6. The number of fused-ring (bicyclic) bond motifs is 1. The summed E-state index contributed by atoms with van der Waals surface area (Å²) in [5.74, 6) is 0.977. The number of nitriles is 1. The topological polar surface area (TPSA) is 39.1 Å². The van der Waals surface area contributed by atoms with Crippen LogP contribution in [0.2, 0.25) is 0 Å². The molecule has 1 N–H and O–H groups in total. The molecule has 0 aromatic carbocycles. The van der Waals surface area contributed by atoms with Crippen molar-refractivity contribution in [3.05, 3.63) is 0 Å². The zero-order valence-corrected chi connectivity index (χ0v) is 12.6. The van der Waals surface area contributed by atoms with E-state index in [2.05, 4.69) is 23.2 Å². The standard InChI is InChI=1S/C16H29N3/c1-3-18-16(2,13-17)10-6-12-19-11-5-8-14-7-4-9-15(14)19/h14-15,18H,3-12H2,1-2H3. The lowest BCUT2D eigenvalue weighted by Crippen LogP contribution is -2.45. The summed E-state index contributed by atoms with van der Waals surface area (Å²) in [7, 11) is 0. The van der Waals surface area contributed by atoms with E-state index in [1.165, 1.54) is 45.2 Å². The SMILES string of the molecule is CCNC(C)(C#N)CCCN1CCCC2CCCC21. The van der Waals surface area contributed by atoms with Crippen LogP contribution in [0.5, 0.6) is 0 Å². The molecule has 0 bridgehead atoms. The largest absolute Gasteiger partial charge is 0.300 e. The first-order chi connectivity index (χ1) is 9.18. The highest BCUT2D eigenvalue weighted by Gasteiger charge is 2.34. The minimum absolute atomic E-state index is 0.334. The van der Waals surface area contributed by atoms with Crippen LogP contribution in [-0.4, -0.2) is 36.1 Å². The van der Waals surface area contributed by atoms with E-state index >= 15 is 0 Å². The molecule has 0 aromatic rings. The van der Waals surface area contributed by atoms with E-state index in [0.29, 0.717) is 0 Å². The molecular weight excluding hydrogens is 234 g/mol. The van der Waals surface area contributed by atoms with Gasteiger partial charge in [-0.15, -0.1) is 0 Å². The Kier molecular flexibility index (Phi) is 5.24. The molecular formula is C16H29N3. The predicted octanol–water partition coefficient (Wildman–Crippen LogP) is 2.92. The van der Waals surface area contributed by atoms with Crippen LogP contribution in [0.25, 0.3) is 0 Å². The Labute approximate surface area is 118 Å². The van der Waals surface area contributed by atoms with Gasteiger partial charge >= 0.3 is 0 Å². The maximum atomic E-state index is 9.28. The molecule has 1 heterocycles. The van der Waals surface area contributed by atoms with E-state index < -0.39 is 0 Å². The third-order valence-corrected chi connectivity index (χ3v) is 5.04. The molecule has 1 saturated heterocycles. The summed E-state index contributed by atoms with van der Waals surface area (Å²) >= 11 is 0. The Hall–Kier alpha value is -0.590. The van der Waals surface area contributed by atoms with Crippen LogP contribution in [0.3, 0.4) is 0 Å². The van der Waals surface area contributed by atoms with Crippen molar-refractivity contribution in [3.8, 4) is 6.07 Å². The molecule has 0 spiro atoms. The average Bonchev–Trinajstić information content (AvgIpc) is 2.88. The van der Waals surface area contributed by atoms with Crippen LogP contribution in [0.1, 0.15) is 58.8 Å². The summed E-state index contributed by atoms with van der Waals surface area (Å²) in [6, 6.07) is 3.30. The lowest BCUT2D eigenvalue weighted by atomic mass is 9.91. The molecule has 1 aliphatic heterocycles. The molecule has 19 heavy (non-hydrogen) atoms. The van der Waals surface area contributed by atoms with Gasteiger partial charge in [0.1, 0.15) is 5.54 Å². The summed E-state index contributed by atoms with van der Waals surface area (Å²) < 4.78 is 0. The zero-order valence-electron chi connectivity index (χ0n) is 12.6. The Balaban J connectivity index is 1.77. The molecule has 1 aliphatic carbocycles. The molecule has 108 valence electrons. The Morgan fingerprint density at radius 2 is 2.11 bits per heavy atom. The van der Waals surface area contributed by atoms with E-state index in [9.17, 15) is 5.26 Å². The predicted molar refractivity (Wildman–Crippen MR) is 78.9 cm³/mol. The Morgan fingerprint density at radius 3 is 2.84 bits per heavy atom. The van der Waals surface area contributed by atoms with Gasteiger partial charge < -0.3 is 4.90 Å². The summed E-state index contributed by atoms with van der Waals surface area (Å²) in [5, 5.41) is 12.6. The summed E-state index contributed by atoms with van der Waals surface area (Å²) in [6.45, 7) is 7.45. The van der Waals surface area contributed by atoms with Crippen molar-refractivity contribution in [2.75, 3.05) is 19.6 Å². The highest BCUT2D eigenvalue weighted by Crippen LogP contribution is 2.36. The van der Waals surface area contributed by atoms with Crippen LogP contribution < -0.4 is 5.32 Å². The van der Waals surface area contributed by atoms with Gasteiger partial charge in [-0.2, -0.15) is 5.26 Å². The first kappa shape index (κ1) is 14.8. The number of likely N-dealkylation sites (tertiary alicyclic amines) is 1. The fourth-order valence-corrected chi connectivity index (χ4v) is 4.04. The van der Waals surface area contributed by atoms with Gasteiger partial charge in [-0.25, -0.2) is 0 Å². The quantitative estimate of drug-likeness (QED) is 0.801. The minimum atomic E-state index is -0.334. The second-order valence-electron chi connectivity index (χ2n) is 6.51. The second-order valence-corrected chi connectivity index (χ2v) is 6.51. The number of hydrogen-bond acceptors (Lipinski definition) is 3. The van der Waals surface area contributed by atoms with E-state index in [0.717, 1.165) is 31.3 Å². The monoisotopic (exact) mass is 263 g/mol. The van der Waals surface area contributed by atoms with Gasteiger partial charge in [0.2, 0.25) is 0 Å². The van der Waals surface area contributed by atoms with Crippen LogP contribution in [-0.2, 0) is 0 Å². The van der Waals surface area contributed by atoms with Crippen molar-refractivity contribution in [2.24, 2.45) is 5.92 Å². The fraction of sp³-hybridized carbons (Fsp3) is 0.938. The van der Waals surface area contributed by atoms with Crippen LogP contribution >= 0.6 is 0 Å². The molecule has 3 heteroatoms. The van der Waals surface area contributed by atoms with Gasteiger partial charge in [0.25, 0.3) is 0 Å². The lowest BCUT2D eigenvalue weighted by Gasteiger charge is -2.38. The average molecular weight is 263 g/mol. The van der Waals surface area contributed by atoms with E-state index in [4.69, 9.17) is 0 Å². The highest BCUT2D eigenvalue weighted by atomic mass is 15.2. The molecule has 2 aliphatic rings. The number of hydrogen-bond donors (Lipinski definition) is 1. The number of nitrogens with one attached hydrogen (secondary N) is 1. The first-order valence-electron chi connectivity index (χ1n) is 8.09. The van der Waals surface area contributed by atoms with Gasteiger partial charge in [-0.3, -0.25) is 5.32 Å². The molecule has 2 rings (SSSR count). The molecule has 0 amide bonds. The van der Waals surface area contributed by atoms with Crippen molar-refractivity contribution in [2.45, 2.75) is 70.4 Å². The van der Waals surface area contributed by atoms with Crippen molar-refractivity contribution < 1.29 is 0 Å². The summed E-state index contributed by atoms with van der Waals surface area (Å²) in [6.07, 6.45) is 9.23. The van der Waals surface area contributed by atoms with Crippen molar-refractivity contribution >= 4 is 0 Å². The Morgan fingerprint density at radius 1 is 1.32 bits per heavy atom. The van der Waals surface area contributed by atoms with Gasteiger partial charge in [0, 0.05) is 6.04 Å². The van der Waals surface area contributed by atoms with E-state index in [-0.39, 0.29) is 5.54 Å².